The Morgan fingerprint density at radius 2 is 2.04 bits per heavy atom. The maximum Gasteiger partial charge on any atom is 0.106 e. The first-order chi connectivity index (χ1) is 12.1. The van der Waals surface area contributed by atoms with Crippen LogP contribution in [-0.2, 0) is 4.08 Å². The van der Waals surface area contributed by atoms with E-state index < -0.39 is 5.60 Å². The molecule has 0 saturated carbocycles. The maximum atomic E-state index is 11.6. The zero-order valence-electron chi connectivity index (χ0n) is 15.1. The number of nitrogens with one attached hydrogen (secondary N) is 1. The predicted octanol–water partition coefficient (Wildman–Crippen LogP) is 4.28. The first kappa shape index (κ1) is 17.8. The van der Waals surface area contributed by atoms with Gasteiger partial charge in [0, 0.05) is 23.7 Å². The van der Waals surface area contributed by atoms with E-state index in [1.165, 1.54) is 34.5 Å². The largest absolute Gasteiger partial charge is 0.388 e. The number of aromatic nitrogens is 1. The van der Waals surface area contributed by atoms with Gasteiger partial charge in [0.05, 0.1) is 5.60 Å². The molecule has 2 aliphatic heterocycles. The molecule has 2 fully saturated rings. The number of likely N-dealkylation sites (tertiary alicyclic amines) is 1. The van der Waals surface area contributed by atoms with Crippen molar-refractivity contribution in [2.45, 2.75) is 35.9 Å². The minimum Gasteiger partial charge on any atom is -0.388 e. The molecule has 2 saturated heterocycles. The second-order valence-electron chi connectivity index (χ2n) is 7.52. The molecule has 1 aromatic heterocycles. The van der Waals surface area contributed by atoms with Crippen molar-refractivity contribution in [2.24, 2.45) is 5.92 Å². The van der Waals surface area contributed by atoms with E-state index in [-0.39, 0.29) is 10.00 Å². The van der Waals surface area contributed by atoms with Gasteiger partial charge in [-0.3, -0.25) is 0 Å². The number of hydrogen-bond donors (Lipinski definition) is 2. The highest BCUT2D eigenvalue weighted by Crippen LogP contribution is 2.60. The number of aliphatic hydroxyl groups is 1. The Bertz CT molecular complexity index is 707. The lowest BCUT2D eigenvalue weighted by atomic mass is 9.76. The monoisotopic (exact) mass is 376 g/mol. The van der Waals surface area contributed by atoms with Gasteiger partial charge in [0.2, 0.25) is 0 Å². The molecule has 2 aliphatic rings. The van der Waals surface area contributed by atoms with Crippen LogP contribution in [0.1, 0.15) is 31.9 Å². The van der Waals surface area contributed by atoms with Crippen molar-refractivity contribution in [3.8, 4) is 0 Å². The number of β-amino-alcohol motifs (C(OH)–C–C–N with tert-alkyl or cyclic N) is 1. The van der Waals surface area contributed by atoms with Gasteiger partial charge in [0.15, 0.2) is 0 Å². The number of fused-ring (bicyclic) bond motifs is 1. The molecule has 3 heterocycles. The zero-order valence-corrected chi connectivity index (χ0v) is 16.8. The number of thioether (sulfide) groups is 2. The summed E-state index contributed by atoms with van der Waals surface area (Å²) in [5.74, 6) is 2.62. The number of para-hydroxylation sites is 1. The van der Waals surface area contributed by atoms with Crippen LogP contribution in [0.15, 0.2) is 30.3 Å². The van der Waals surface area contributed by atoms with Gasteiger partial charge in [-0.1, -0.05) is 25.1 Å². The molecular weight excluding hydrogens is 348 g/mol. The van der Waals surface area contributed by atoms with Crippen molar-refractivity contribution in [3.63, 3.8) is 0 Å². The Morgan fingerprint density at radius 3 is 2.76 bits per heavy atom. The summed E-state index contributed by atoms with van der Waals surface area (Å²) in [7, 11) is 2.13. The summed E-state index contributed by atoms with van der Waals surface area (Å²) in [5, 5.41) is 12.9. The lowest BCUT2D eigenvalue weighted by molar-refractivity contribution is -0.0783. The molecule has 3 nitrogen and oxygen atoms in total. The van der Waals surface area contributed by atoms with Gasteiger partial charge >= 0.3 is 0 Å². The van der Waals surface area contributed by atoms with Gasteiger partial charge in [-0.15, -0.1) is 23.5 Å². The molecule has 2 atom stereocenters. The van der Waals surface area contributed by atoms with Crippen molar-refractivity contribution in [3.05, 3.63) is 36.0 Å². The van der Waals surface area contributed by atoms with Crippen molar-refractivity contribution in [1.29, 1.82) is 0 Å². The Balaban J connectivity index is 1.81. The van der Waals surface area contributed by atoms with Crippen molar-refractivity contribution in [2.75, 3.05) is 31.6 Å². The van der Waals surface area contributed by atoms with Crippen molar-refractivity contribution in [1.82, 2.24) is 9.88 Å². The smallest absolute Gasteiger partial charge is 0.106 e. The van der Waals surface area contributed by atoms with Crippen LogP contribution in [-0.4, -0.2) is 52.2 Å². The summed E-state index contributed by atoms with van der Waals surface area (Å²) >= 11 is 4.12. The molecule has 2 unspecified atom stereocenters. The second kappa shape index (κ2) is 6.84. The fraction of sp³-hybridized carbons (Fsp3) is 0.600. The fourth-order valence-electron chi connectivity index (χ4n) is 4.53. The SMILES string of the molecule is CCC1(O)CN(C)CCC1C1(c2cc3ccccc3[nH]2)SCCCS1. The zero-order chi connectivity index (χ0) is 17.5. The summed E-state index contributed by atoms with van der Waals surface area (Å²) in [5.41, 5.74) is 1.88. The third kappa shape index (κ3) is 3.03. The highest BCUT2D eigenvalue weighted by atomic mass is 32.2. The topological polar surface area (TPSA) is 39.3 Å². The Labute approximate surface area is 158 Å². The van der Waals surface area contributed by atoms with Gasteiger partial charge in [-0.25, -0.2) is 0 Å². The van der Waals surface area contributed by atoms with E-state index in [1.54, 1.807) is 0 Å². The van der Waals surface area contributed by atoms with E-state index in [1.807, 2.05) is 0 Å². The molecule has 5 heteroatoms. The van der Waals surface area contributed by atoms with Crippen molar-refractivity contribution < 1.29 is 5.11 Å². The average molecular weight is 377 g/mol. The summed E-state index contributed by atoms with van der Waals surface area (Å²) in [6.07, 6.45) is 3.12. The number of rotatable bonds is 3. The number of H-pyrrole nitrogens is 1. The maximum absolute atomic E-state index is 11.6. The van der Waals surface area contributed by atoms with Crippen LogP contribution >= 0.6 is 23.5 Å². The molecule has 0 aliphatic carbocycles. The summed E-state index contributed by atoms with van der Waals surface area (Å²) < 4.78 is -0.0662. The minimum absolute atomic E-state index is 0.0662. The molecule has 0 spiro atoms. The summed E-state index contributed by atoms with van der Waals surface area (Å²) in [6, 6.07) is 10.9. The van der Waals surface area contributed by atoms with E-state index >= 15 is 0 Å². The van der Waals surface area contributed by atoms with E-state index in [4.69, 9.17) is 0 Å². The summed E-state index contributed by atoms with van der Waals surface area (Å²) in [4.78, 5) is 6.00. The number of hydrogen-bond acceptors (Lipinski definition) is 4. The molecule has 2 N–H and O–H groups in total. The van der Waals surface area contributed by atoms with Crippen LogP contribution in [0.5, 0.6) is 0 Å². The quantitative estimate of drug-likeness (QED) is 0.838. The Hall–Kier alpha value is -0.620. The van der Waals surface area contributed by atoms with Gasteiger partial charge in [0.25, 0.3) is 0 Å². The van der Waals surface area contributed by atoms with Crippen LogP contribution in [0.4, 0.5) is 0 Å². The van der Waals surface area contributed by atoms with Gasteiger partial charge in [-0.2, -0.15) is 0 Å². The molecule has 136 valence electrons. The first-order valence-electron chi connectivity index (χ1n) is 9.34. The Morgan fingerprint density at radius 1 is 1.28 bits per heavy atom. The van der Waals surface area contributed by atoms with Gasteiger partial charge < -0.3 is 15.0 Å². The normalized spacial score (nSPS) is 30.6. The standard InChI is InChI=1S/C20H28N2OS2/c1-3-19(23)14-22(2)10-9-17(19)20(24-11-6-12-25-20)18-13-15-7-4-5-8-16(15)21-18/h4-5,7-8,13,17,21,23H,3,6,9-12,14H2,1-2H3. The van der Waals surface area contributed by atoms with Crippen LogP contribution < -0.4 is 0 Å². The molecule has 2 aromatic rings. The second-order valence-corrected chi connectivity index (χ2v) is 10.5. The number of likely N-dealkylation sites (N-methyl/N-ethyl adjacent to an activating group) is 1. The van der Waals surface area contributed by atoms with E-state index in [0.717, 1.165) is 25.9 Å². The number of nitrogens with zero attached hydrogens (tertiary/aromatic N) is 1. The molecule has 0 amide bonds. The molecule has 4 rings (SSSR count). The highest BCUT2D eigenvalue weighted by molar-refractivity contribution is 8.18. The lowest BCUT2D eigenvalue weighted by Gasteiger charge is -2.52. The van der Waals surface area contributed by atoms with Gasteiger partial charge in [0.1, 0.15) is 4.08 Å². The van der Waals surface area contributed by atoms with Crippen LogP contribution in [0.25, 0.3) is 10.9 Å². The first-order valence-corrected chi connectivity index (χ1v) is 11.3. The van der Waals surface area contributed by atoms with E-state index in [0.29, 0.717) is 0 Å². The predicted molar refractivity (Wildman–Crippen MR) is 110 cm³/mol. The Kier molecular flexibility index (Phi) is 4.86. The number of aromatic amines is 1. The highest BCUT2D eigenvalue weighted by Gasteiger charge is 2.54. The number of benzene rings is 1. The van der Waals surface area contributed by atoms with Crippen LogP contribution in [0.3, 0.4) is 0 Å². The van der Waals surface area contributed by atoms with Crippen molar-refractivity contribution >= 4 is 34.4 Å². The van der Waals surface area contributed by atoms with Crippen LogP contribution in [0.2, 0.25) is 0 Å². The average Bonchev–Trinajstić information content (AvgIpc) is 3.07. The third-order valence-electron chi connectivity index (χ3n) is 5.89. The minimum atomic E-state index is -0.623. The van der Waals surface area contributed by atoms with E-state index in [2.05, 4.69) is 77.7 Å². The van der Waals surface area contributed by atoms with Gasteiger partial charge in [-0.05, 0) is 61.9 Å². The number of piperidine rings is 1. The lowest BCUT2D eigenvalue weighted by Crippen LogP contribution is -2.58. The fourth-order valence-corrected chi connectivity index (χ4v) is 8.34. The molecule has 1 aromatic carbocycles. The molecule has 0 radical (unpaired) electrons. The third-order valence-corrected chi connectivity index (χ3v) is 9.45. The molecule has 0 bridgehead atoms. The molecule has 25 heavy (non-hydrogen) atoms. The summed E-state index contributed by atoms with van der Waals surface area (Å²) in [6.45, 7) is 3.98. The molecular formula is C20H28N2OS2. The van der Waals surface area contributed by atoms with Crippen LogP contribution in [0, 0.1) is 5.92 Å². The van der Waals surface area contributed by atoms with E-state index in [9.17, 15) is 5.11 Å².